The lowest BCUT2D eigenvalue weighted by Crippen LogP contribution is -2.29. The molecule has 1 fully saturated rings. The molecule has 6 nitrogen and oxygen atoms in total. The van der Waals surface area contributed by atoms with E-state index in [0.717, 1.165) is 0 Å². The monoisotopic (exact) mass is 227 g/mol. The Morgan fingerprint density at radius 2 is 2.27 bits per heavy atom. The highest BCUT2D eigenvalue weighted by Gasteiger charge is 2.31. The van der Waals surface area contributed by atoms with Crippen LogP contribution in [0.3, 0.4) is 0 Å². The van der Waals surface area contributed by atoms with Crippen LogP contribution >= 0.6 is 11.6 Å². The van der Waals surface area contributed by atoms with Crippen molar-refractivity contribution in [2.45, 2.75) is 12.5 Å². The highest BCUT2D eigenvalue weighted by Crippen LogP contribution is 2.31. The van der Waals surface area contributed by atoms with Crippen molar-refractivity contribution in [3.05, 3.63) is 11.5 Å². The molecule has 7 heteroatoms. The first-order valence-electron chi connectivity index (χ1n) is 4.41. The number of carbonyl (C=O) groups is 1. The number of halogens is 1. The third kappa shape index (κ3) is 1.73. The molecule has 1 amide bonds. The Kier molecular flexibility index (Phi) is 2.45. The first-order valence-corrected chi connectivity index (χ1v) is 4.79. The van der Waals surface area contributed by atoms with Crippen molar-refractivity contribution >= 4 is 29.0 Å². The van der Waals surface area contributed by atoms with Gasteiger partial charge >= 0.3 is 0 Å². The van der Waals surface area contributed by atoms with Crippen molar-refractivity contribution in [1.82, 2.24) is 9.97 Å². The molecule has 1 atom stereocenters. The maximum Gasteiger partial charge on any atom is 0.228 e. The summed E-state index contributed by atoms with van der Waals surface area (Å²) in [5.41, 5.74) is 11.7. The molecule has 0 bridgehead atoms. The van der Waals surface area contributed by atoms with E-state index < -0.39 is 0 Å². The van der Waals surface area contributed by atoms with E-state index in [-0.39, 0.29) is 22.9 Å². The summed E-state index contributed by atoms with van der Waals surface area (Å²) in [5, 5.41) is 0.171. The Morgan fingerprint density at radius 3 is 2.80 bits per heavy atom. The van der Waals surface area contributed by atoms with Gasteiger partial charge in [-0.2, -0.15) is 0 Å². The summed E-state index contributed by atoms with van der Waals surface area (Å²) in [5.74, 6) is 0.0864. The molecule has 1 aromatic heterocycles. The van der Waals surface area contributed by atoms with Crippen molar-refractivity contribution in [2.24, 2.45) is 5.73 Å². The molecule has 1 aliphatic rings. The van der Waals surface area contributed by atoms with Crippen molar-refractivity contribution in [2.75, 3.05) is 17.2 Å². The van der Waals surface area contributed by atoms with Crippen LogP contribution < -0.4 is 16.4 Å². The van der Waals surface area contributed by atoms with E-state index >= 15 is 0 Å². The number of amides is 1. The summed E-state index contributed by atoms with van der Waals surface area (Å²) in [6, 6.07) is -0.187. The van der Waals surface area contributed by atoms with E-state index in [0.29, 0.717) is 18.7 Å². The van der Waals surface area contributed by atoms with E-state index in [4.69, 9.17) is 23.1 Å². The molecule has 0 aromatic carbocycles. The van der Waals surface area contributed by atoms with Gasteiger partial charge in [0.15, 0.2) is 11.0 Å². The molecule has 80 valence electrons. The topological polar surface area (TPSA) is 98.1 Å². The fraction of sp³-hybridized carbons (Fsp3) is 0.375. The van der Waals surface area contributed by atoms with Gasteiger partial charge in [-0.1, -0.05) is 11.6 Å². The molecule has 0 spiro atoms. The van der Waals surface area contributed by atoms with E-state index in [1.165, 1.54) is 11.2 Å². The molecular weight excluding hydrogens is 218 g/mol. The second-order valence-corrected chi connectivity index (χ2v) is 3.72. The molecule has 2 heterocycles. The predicted octanol–water partition coefficient (Wildman–Crippen LogP) is -0.224. The number of nitrogen functional groups attached to an aromatic ring is 1. The predicted molar refractivity (Wildman–Crippen MR) is 56.4 cm³/mol. The van der Waals surface area contributed by atoms with Crippen LogP contribution in [0.15, 0.2) is 6.33 Å². The zero-order chi connectivity index (χ0) is 11.0. The first-order chi connectivity index (χ1) is 7.09. The van der Waals surface area contributed by atoms with Gasteiger partial charge in [0, 0.05) is 19.0 Å². The number of hydrogen-bond donors (Lipinski definition) is 2. The average Bonchev–Trinajstić information content (AvgIpc) is 2.45. The molecule has 2 rings (SSSR count). The van der Waals surface area contributed by atoms with Gasteiger partial charge in [-0.15, -0.1) is 0 Å². The minimum absolute atomic E-state index is 0.106. The number of anilines is 2. The maximum absolute atomic E-state index is 11.6. The smallest absolute Gasteiger partial charge is 0.228 e. The average molecular weight is 228 g/mol. The van der Waals surface area contributed by atoms with Crippen LogP contribution in [0.2, 0.25) is 5.15 Å². The highest BCUT2D eigenvalue weighted by molar-refractivity contribution is 6.33. The van der Waals surface area contributed by atoms with Crippen molar-refractivity contribution in [3.8, 4) is 0 Å². The molecule has 15 heavy (non-hydrogen) atoms. The van der Waals surface area contributed by atoms with Crippen LogP contribution in [-0.2, 0) is 4.79 Å². The van der Waals surface area contributed by atoms with Crippen LogP contribution in [0.1, 0.15) is 6.42 Å². The number of rotatable bonds is 1. The van der Waals surface area contributed by atoms with Crippen molar-refractivity contribution in [1.29, 1.82) is 0 Å². The normalized spacial score (nSPS) is 21.1. The molecule has 4 N–H and O–H groups in total. The fourth-order valence-electron chi connectivity index (χ4n) is 1.57. The molecule has 0 saturated carbocycles. The molecular formula is C8H10ClN5O. The van der Waals surface area contributed by atoms with Gasteiger partial charge in [0.1, 0.15) is 12.0 Å². The Morgan fingerprint density at radius 1 is 1.53 bits per heavy atom. The summed E-state index contributed by atoms with van der Waals surface area (Å²) in [6.45, 7) is 0.399. The summed E-state index contributed by atoms with van der Waals surface area (Å²) in [6.07, 6.45) is 1.55. The standard InChI is InChI=1S/C8H10ClN5O/c9-7-6(8(11)13-3-12-7)14-2-4(10)1-5(14)15/h3-4H,1-2,10H2,(H2,11,12,13). The van der Waals surface area contributed by atoms with E-state index in [9.17, 15) is 4.79 Å². The largest absolute Gasteiger partial charge is 0.382 e. The van der Waals surface area contributed by atoms with E-state index in [1.54, 1.807) is 0 Å². The number of nitrogens with zero attached hydrogens (tertiary/aromatic N) is 3. The lowest BCUT2D eigenvalue weighted by molar-refractivity contribution is -0.117. The number of aromatic nitrogens is 2. The molecule has 0 aliphatic carbocycles. The van der Waals surface area contributed by atoms with Crippen LogP contribution in [0.5, 0.6) is 0 Å². The Balaban J connectivity index is 2.41. The van der Waals surface area contributed by atoms with Crippen LogP contribution in [-0.4, -0.2) is 28.5 Å². The Bertz CT molecular complexity index is 390. The summed E-state index contributed by atoms with van der Waals surface area (Å²) in [4.78, 5) is 20.6. The molecule has 1 aromatic rings. The third-order valence-corrected chi connectivity index (χ3v) is 2.51. The van der Waals surface area contributed by atoms with Gasteiger partial charge in [-0.3, -0.25) is 4.79 Å². The summed E-state index contributed by atoms with van der Waals surface area (Å²) < 4.78 is 0. The molecule has 1 unspecified atom stereocenters. The van der Waals surface area contributed by atoms with Crippen LogP contribution in [0.25, 0.3) is 0 Å². The van der Waals surface area contributed by atoms with Gasteiger partial charge in [0.2, 0.25) is 5.91 Å². The van der Waals surface area contributed by atoms with Gasteiger partial charge in [0.25, 0.3) is 0 Å². The number of nitrogens with two attached hydrogens (primary N) is 2. The molecule has 1 saturated heterocycles. The minimum atomic E-state index is -0.187. The lowest BCUT2D eigenvalue weighted by atomic mass is 10.3. The first kappa shape index (κ1) is 10.1. The maximum atomic E-state index is 11.6. The Labute approximate surface area is 91.2 Å². The summed E-state index contributed by atoms with van der Waals surface area (Å²) in [7, 11) is 0. The Hall–Kier alpha value is -1.40. The van der Waals surface area contributed by atoms with Crippen molar-refractivity contribution < 1.29 is 4.79 Å². The van der Waals surface area contributed by atoms with Crippen molar-refractivity contribution in [3.63, 3.8) is 0 Å². The van der Waals surface area contributed by atoms with E-state index in [2.05, 4.69) is 9.97 Å². The molecule has 1 aliphatic heterocycles. The second kappa shape index (κ2) is 3.63. The van der Waals surface area contributed by atoms with Crippen LogP contribution in [0.4, 0.5) is 11.5 Å². The lowest BCUT2D eigenvalue weighted by Gasteiger charge is -2.17. The summed E-state index contributed by atoms with van der Waals surface area (Å²) >= 11 is 5.86. The minimum Gasteiger partial charge on any atom is -0.382 e. The zero-order valence-corrected chi connectivity index (χ0v) is 8.61. The number of carbonyl (C=O) groups excluding carboxylic acids is 1. The fourth-order valence-corrected chi connectivity index (χ4v) is 1.81. The van der Waals surface area contributed by atoms with Gasteiger partial charge in [-0.05, 0) is 0 Å². The SMILES string of the molecule is Nc1ncnc(Cl)c1N1CC(N)CC1=O. The highest BCUT2D eigenvalue weighted by atomic mass is 35.5. The zero-order valence-electron chi connectivity index (χ0n) is 7.85. The van der Waals surface area contributed by atoms with E-state index in [1.807, 2.05) is 0 Å². The third-order valence-electron chi connectivity index (χ3n) is 2.23. The number of hydrogen-bond acceptors (Lipinski definition) is 5. The molecule has 0 radical (unpaired) electrons. The van der Waals surface area contributed by atoms with Crippen LogP contribution in [0, 0.1) is 0 Å². The van der Waals surface area contributed by atoms with Gasteiger partial charge < -0.3 is 16.4 Å². The van der Waals surface area contributed by atoms with Gasteiger partial charge in [-0.25, -0.2) is 9.97 Å². The second-order valence-electron chi connectivity index (χ2n) is 3.37. The van der Waals surface area contributed by atoms with Gasteiger partial charge in [0.05, 0.1) is 0 Å². The quantitative estimate of drug-likeness (QED) is 0.646.